The lowest BCUT2D eigenvalue weighted by atomic mass is 10.1. The maximum atomic E-state index is 13.1. The summed E-state index contributed by atoms with van der Waals surface area (Å²) < 4.78 is 32.3. The van der Waals surface area contributed by atoms with Gasteiger partial charge in [0.15, 0.2) is 16.8 Å². The van der Waals surface area contributed by atoms with Crippen LogP contribution in [-0.2, 0) is 17.4 Å². The number of methoxy groups -OCH3 is 2. The van der Waals surface area contributed by atoms with E-state index in [-0.39, 0.29) is 5.82 Å². The molecule has 1 unspecified atom stereocenters. The maximum Gasteiger partial charge on any atom is 0.264 e. The Hall–Kier alpha value is -3.39. The lowest BCUT2D eigenvalue weighted by Crippen LogP contribution is -2.08. The Labute approximate surface area is 176 Å². The van der Waals surface area contributed by atoms with Crippen molar-refractivity contribution >= 4 is 27.9 Å². The number of fused-ring (bicyclic) bond motifs is 1. The van der Waals surface area contributed by atoms with Gasteiger partial charge in [-0.3, -0.25) is 4.72 Å². The highest BCUT2D eigenvalue weighted by molar-refractivity contribution is 7.86. The van der Waals surface area contributed by atoms with E-state index in [1.807, 2.05) is 55.5 Å². The Balaban J connectivity index is 1.73. The van der Waals surface area contributed by atoms with Gasteiger partial charge in [-0.05, 0) is 24.1 Å². The summed E-state index contributed by atoms with van der Waals surface area (Å²) in [5.74, 6) is 1.34. The first kappa shape index (κ1) is 19.9. The van der Waals surface area contributed by atoms with Crippen LogP contribution in [0, 0.1) is 0 Å². The third-order valence-corrected chi connectivity index (χ3v) is 5.82. The van der Waals surface area contributed by atoms with Crippen molar-refractivity contribution in [3.8, 4) is 22.8 Å². The molecule has 0 fully saturated rings. The van der Waals surface area contributed by atoms with Gasteiger partial charge in [0.2, 0.25) is 0 Å². The van der Waals surface area contributed by atoms with Crippen LogP contribution in [0.15, 0.2) is 64.0 Å². The normalized spacial score (nSPS) is 12.0. The minimum absolute atomic E-state index is 0.288. The highest BCUT2D eigenvalue weighted by Crippen LogP contribution is 2.35. The molecule has 0 radical (unpaired) electrons. The van der Waals surface area contributed by atoms with E-state index in [2.05, 4.69) is 14.9 Å². The number of aromatic nitrogens is 2. The molecule has 0 aliphatic heterocycles. The first-order valence-electron chi connectivity index (χ1n) is 9.39. The third kappa shape index (κ3) is 3.73. The number of rotatable bonds is 7. The summed E-state index contributed by atoms with van der Waals surface area (Å²) in [6.45, 7) is 2.04. The number of pyridine rings is 1. The molecule has 0 aliphatic rings. The van der Waals surface area contributed by atoms with Crippen molar-refractivity contribution in [1.29, 1.82) is 0 Å². The predicted molar refractivity (Wildman–Crippen MR) is 116 cm³/mol. The molecule has 0 aliphatic carbocycles. The zero-order chi connectivity index (χ0) is 21.1. The van der Waals surface area contributed by atoms with Gasteiger partial charge in [0, 0.05) is 11.6 Å². The molecule has 2 aromatic carbocycles. The second kappa shape index (κ2) is 8.54. The van der Waals surface area contributed by atoms with Crippen LogP contribution in [0.25, 0.3) is 22.4 Å². The summed E-state index contributed by atoms with van der Waals surface area (Å²) in [5.41, 5.74) is 2.97. The molecule has 2 aromatic heterocycles. The van der Waals surface area contributed by atoms with E-state index in [4.69, 9.17) is 14.0 Å². The van der Waals surface area contributed by atoms with E-state index in [0.717, 1.165) is 17.5 Å². The molecular weight excluding hydrogens is 402 g/mol. The smallest absolute Gasteiger partial charge is 0.264 e. The van der Waals surface area contributed by atoms with Crippen molar-refractivity contribution in [2.45, 2.75) is 18.2 Å². The topological polar surface area (TPSA) is 86.5 Å². The number of anilines is 1. The van der Waals surface area contributed by atoms with E-state index < -0.39 is 11.0 Å². The molecular formula is C22H21N3O4S. The van der Waals surface area contributed by atoms with Gasteiger partial charge >= 0.3 is 0 Å². The van der Waals surface area contributed by atoms with Gasteiger partial charge in [-0.25, -0.2) is 9.19 Å². The van der Waals surface area contributed by atoms with Crippen molar-refractivity contribution in [1.82, 2.24) is 10.1 Å². The van der Waals surface area contributed by atoms with E-state index in [0.29, 0.717) is 33.2 Å². The quantitative estimate of drug-likeness (QED) is 0.467. The van der Waals surface area contributed by atoms with Gasteiger partial charge in [0.25, 0.3) is 5.71 Å². The molecule has 0 amide bonds. The molecule has 0 spiro atoms. The highest BCUT2D eigenvalue weighted by Gasteiger charge is 2.20. The molecule has 7 nitrogen and oxygen atoms in total. The number of nitrogens with zero attached hydrogens (tertiary/aromatic N) is 2. The molecule has 154 valence electrons. The van der Waals surface area contributed by atoms with E-state index in [9.17, 15) is 4.21 Å². The molecule has 0 bridgehead atoms. The zero-order valence-corrected chi connectivity index (χ0v) is 17.7. The number of hydrogen-bond donors (Lipinski definition) is 1. The van der Waals surface area contributed by atoms with Gasteiger partial charge in [-0.15, -0.1) is 0 Å². The summed E-state index contributed by atoms with van der Waals surface area (Å²) >= 11 is 0. The summed E-state index contributed by atoms with van der Waals surface area (Å²) in [7, 11) is 1.48. The predicted octanol–water partition coefficient (Wildman–Crippen LogP) is 4.60. The van der Waals surface area contributed by atoms with Crippen LogP contribution in [0.3, 0.4) is 0 Å². The Kier molecular flexibility index (Phi) is 5.67. The third-order valence-electron chi connectivity index (χ3n) is 4.73. The molecule has 8 heteroatoms. The Morgan fingerprint density at radius 2 is 1.80 bits per heavy atom. The SMILES string of the molecule is CCc1ccc(OC)c(S(=O)Nc2noc3nc(-c4ccccc4)cc(OC)c23)c1. The summed E-state index contributed by atoms with van der Waals surface area (Å²) in [6, 6.07) is 17.1. The monoisotopic (exact) mass is 423 g/mol. The maximum absolute atomic E-state index is 13.1. The fraction of sp³-hybridized carbons (Fsp3) is 0.182. The standard InChI is InChI=1S/C22H21N3O4S/c1-4-14-10-11-17(27-2)19(12-14)30(26)25-21-20-18(28-3)13-16(23-22(20)29-24-21)15-8-6-5-7-9-15/h5-13H,4H2,1-3H3,(H,24,25). The minimum Gasteiger partial charge on any atom is -0.496 e. The molecule has 2 heterocycles. The fourth-order valence-corrected chi connectivity index (χ4v) is 4.15. The molecule has 4 aromatic rings. The largest absolute Gasteiger partial charge is 0.496 e. The van der Waals surface area contributed by atoms with Gasteiger partial charge in [-0.1, -0.05) is 48.5 Å². The summed E-state index contributed by atoms with van der Waals surface area (Å²) in [6.07, 6.45) is 0.821. The number of aryl methyl sites for hydroxylation is 1. The average molecular weight is 423 g/mol. The van der Waals surface area contributed by atoms with Crippen molar-refractivity contribution in [2.75, 3.05) is 18.9 Å². The number of ether oxygens (including phenoxy) is 2. The van der Waals surface area contributed by atoms with Crippen molar-refractivity contribution in [3.05, 3.63) is 60.2 Å². The van der Waals surface area contributed by atoms with Crippen LogP contribution in [0.2, 0.25) is 0 Å². The minimum atomic E-state index is -1.62. The Morgan fingerprint density at radius 3 is 2.50 bits per heavy atom. The Bertz CT molecular complexity index is 1210. The van der Waals surface area contributed by atoms with Crippen LogP contribution in [-0.4, -0.2) is 28.6 Å². The van der Waals surface area contributed by atoms with E-state index in [1.54, 1.807) is 20.3 Å². The van der Waals surface area contributed by atoms with Crippen molar-refractivity contribution < 1.29 is 18.2 Å². The molecule has 0 saturated carbocycles. The zero-order valence-electron chi connectivity index (χ0n) is 16.8. The lowest BCUT2D eigenvalue weighted by Gasteiger charge is -2.11. The van der Waals surface area contributed by atoms with Gasteiger partial charge in [0.05, 0.1) is 19.9 Å². The van der Waals surface area contributed by atoms with E-state index in [1.165, 1.54) is 0 Å². The fourth-order valence-electron chi connectivity index (χ4n) is 3.13. The highest BCUT2D eigenvalue weighted by atomic mass is 32.2. The van der Waals surface area contributed by atoms with E-state index >= 15 is 0 Å². The number of nitrogens with one attached hydrogen (secondary N) is 1. The average Bonchev–Trinajstić information content (AvgIpc) is 3.21. The number of benzene rings is 2. The lowest BCUT2D eigenvalue weighted by molar-refractivity contribution is 0.404. The molecule has 0 saturated heterocycles. The first-order valence-corrected chi connectivity index (χ1v) is 10.5. The second-order valence-electron chi connectivity index (χ2n) is 6.50. The number of hydrogen-bond acceptors (Lipinski definition) is 6. The molecule has 4 rings (SSSR count). The van der Waals surface area contributed by atoms with Crippen LogP contribution in [0.5, 0.6) is 11.5 Å². The van der Waals surface area contributed by atoms with Crippen LogP contribution < -0.4 is 14.2 Å². The van der Waals surface area contributed by atoms with Crippen LogP contribution in [0.4, 0.5) is 5.82 Å². The molecule has 30 heavy (non-hydrogen) atoms. The van der Waals surface area contributed by atoms with Crippen LogP contribution >= 0.6 is 0 Å². The second-order valence-corrected chi connectivity index (χ2v) is 7.68. The molecule has 1 atom stereocenters. The van der Waals surface area contributed by atoms with Crippen molar-refractivity contribution in [2.24, 2.45) is 0 Å². The Morgan fingerprint density at radius 1 is 1.03 bits per heavy atom. The van der Waals surface area contributed by atoms with Gasteiger partial charge in [-0.2, -0.15) is 0 Å². The van der Waals surface area contributed by atoms with Gasteiger partial charge in [0.1, 0.15) is 21.8 Å². The first-order chi connectivity index (χ1) is 14.6. The summed E-state index contributed by atoms with van der Waals surface area (Å²) in [5, 5.41) is 4.56. The summed E-state index contributed by atoms with van der Waals surface area (Å²) in [4.78, 5) is 5.07. The van der Waals surface area contributed by atoms with Crippen molar-refractivity contribution in [3.63, 3.8) is 0 Å². The van der Waals surface area contributed by atoms with Gasteiger partial charge < -0.3 is 14.0 Å². The van der Waals surface area contributed by atoms with Crippen LogP contribution in [0.1, 0.15) is 12.5 Å². The molecule has 1 N–H and O–H groups in total.